The van der Waals surface area contributed by atoms with Gasteiger partial charge in [0.25, 0.3) is 0 Å². The van der Waals surface area contributed by atoms with Crippen LogP contribution in [0.15, 0.2) is 24.3 Å². The van der Waals surface area contributed by atoms with E-state index < -0.39 is 11.7 Å². The SMILES string of the molecule is CC(C)(N)CN1CCN(c2cccc(C(F)(F)F)c2)CC1.Cl.Cl.Cl. The van der Waals surface area contributed by atoms with Crippen LogP contribution in [0.3, 0.4) is 0 Å². The van der Waals surface area contributed by atoms with Gasteiger partial charge in [0.05, 0.1) is 5.56 Å². The number of alkyl halides is 3. The van der Waals surface area contributed by atoms with E-state index in [0.29, 0.717) is 5.69 Å². The van der Waals surface area contributed by atoms with E-state index in [1.54, 1.807) is 6.07 Å². The summed E-state index contributed by atoms with van der Waals surface area (Å²) in [7, 11) is 0. The summed E-state index contributed by atoms with van der Waals surface area (Å²) in [6.07, 6.45) is -4.29. The summed E-state index contributed by atoms with van der Waals surface area (Å²) in [6.45, 7) is 7.82. The summed E-state index contributed by atoms with van der Waals surface area (Å²) in [5, 5.41) is 0. The summed E-state index contributed by atoms with van der Waals surface area (Å²) >= 11 is 0. The second-order valence-corrected chi connectivity index (χ2v) is 6.30. The van der Waals surface area contributed by atoms with Gasteiger partial charge in [-0.25, -0.2) is 0 Å². The molecule has 1 aliphatic rings. The number of halogens is 6. The molecule has 1 saturated heterocycles. The molecule has 0 aliphatic carbocycles. The third-order valence-electron chi connectivity index (χ3n) is 3.54. The van der Waals surface area contributed by atoms with Crippen LogP contribution < -0.4 is 10.6 Å². The van der Waals surface area contributed by atoms with Crippen molar-refractivity contribution in [2.45, 2.75) is 25.6 Å². The maximum Gasteiger partial charge on any atom is 0.416 e. The van der Waals surface area contributed by atoms with E-state index in [2.05, 4.69) is 4.90 Å². The summed E-state index contributed by atoms with van der Waals surface area (Å²) in [5.41, 5.74) is 5.79. The van der Waals surface area contributed by atoms with Gasteiger partial charge in [-0.3, -0.25) is 4.90 Å². The van der Waals surface area contributed by atoms with Gasteiger partial charge >= 0.3 is 6.18 Å². The molecule has 1 aliphatic heterocycles. The van der Waals surface area contributed by atoms with Crippen molar-refractivity contribution in [2.75, 3.05) is 37.6 Å². The van der Waals surface area contributed by atoms with Crippen molar-refractivity contribution in [3.8, 4) is 0 Å². The molecule has 0 spiro atoms. The number of rotatable bonds is 3. The zero-order valence-corrected chi connectivity index (χ0v) is 16.1. The van der Waals surface area contributed by atoms with E-state index >= 15 is 0 Å². The molecule has 0 radical (unpaired) electrons. The normalized spacial score (nSPS) is 15.8. The van der Waals surface area contributed by atoms with Gasteiger partial charge in [-0.15, -0.1) is 37.2 Å². The lowest BCUT2D eigenvalue weighted by Crippen LogP contribution is -2.53. The Bertz CT molecular complexity index is 485. The molecule has 1 aromatic rings. The fourth-order valence-electron chi connectivity index (χ4n) is 2.62. The van der Waals surface area contributed by atoms with Crippen molar-refractivity contribution in [2.24, 2.45) is 5.73 Å². The highest BCUT2D eigenvalue weighted by molar-refractivity contribution is 5.86. The Kier molecular flexibility index (Phi) is 10.7. The van der Waals surface area contributed by atoms with E-state index in [9.17, 15) is 13.2 Å². The predicted octanol–water partition coefficient (Wildman–Crippen LogP) is 3.83. The Balaban J connectivity index is 0. The molecule has 0 bridgehead atoms. The molecule has 24 heavy (non-hydrogen) atoms. The molecule has 0 amide bonds. The standard InChI is InChI=1S/C15H22F3N3.3ClH/c1-14(2,19)11-20-6-8-21(9-7-20)13-5-3-4-12(10-13)15(16,17)18;;;/h3-5,10H,6-9,11,19H2,1-2H3;3*1H. The summed E-state index contributed by atoms with van der Waals surface area (Å²) < 4.78 is 38.2. The van der Waals surface area contributed by atoms with Gasteiger partial charge in [0.2, 0.25) is 0 Å². The van der Waals surface area contributed by atoms with E-state index in [1.807, 2.05) is 18.7 Å². The third kappa shape index (κ3) is 7.66. The van der Waals surface area contributed by atoms with Crippen LogP contribution in [0.5, 0.6) is 0 Å². The van der Waals surface area contributed by atoms with Crippen molar-refractivity contribution < 1.29 is 13.2 Å². The first-order chi connectivity index (χ1) is 9.65. The molecule has 3 nitrogen and oxygen atoms in total. The predicted molar refractivity (Wildman–Crippen MR) is 100 cm³/mol. The van der Waals surface area contributed by atoms with Gasteiger partial charge in [-0.2, -0.15) is 13.2 Å². The molecule has 0 unspecified atom stereocenters. The van der Waals surface area contributed by atoms with Crippen LogP contribution in [0, 0.1) is 0 Å². The second-order valence-electron chi connectivity index (χ2n) is 6.30. The first kappa shape index (κ1) is 25.8. The fraction of sp³-hybridized carbons (Fsp3) is 0.600. The molecule has 1 aromatic carbocycles. The summed E-state index contributed by atoms with van der Waals surface area (Å²) in [6, 6.07) is 5.53. The maximum absolute atomic E-state index is 12.7. The summed E-state index contributed by atoms with van der Waals surface area (Å²) in [5.74, 6) is 0. The molecule has 0 atom stereocenters. The van der Waals surface area contributed by atoms with Crippen LogP contribution in [-0.2, 0) is 6.18 Å². The quantitative estimate of drug-likeness (QED) is 0.822. The van der Waals surface area contributed by atoms with Crippen molar-refractivity contribution in [3.05, 3.63) is 29.8 Å². The topological polar surface area (TPSA) is 32.5 Å². The van der Waals surface area contributed by atoms with Gasteiger partial charge in [-0.1, -0.05) is 6.07 Å². The fourth-order valence-corrected chi connectivity index (χ4v) is 2.62. The number of nitrogens with two attached hydrogens (primary N) is 1. The Hall–Kier alpha value is -0.400. The lowest BCUT2D eigenvalue weighted by molar-refractivity contribution is -0.137. The lowest BCUT2D eigenvalue weighted by atomic mass is 10.1. The minimum Gasteiger partial charge on any atom is -0.369 e. The van der Waals surface area contributed by atoms with Gasteiger partial charge in [-0.05, 0) is 32.0 Å². The largest absolute Gasteiger partial charge is 0.416 e. The molecule has 9 heteroatoms. The van der Waals surface area contributed by atoms with Crippen molar-refractivity contribution in [1.82, 2.24) is 4.90 Å². The highest BCUT2D eigenvalue weighted by Gasteiger charge is 2.31. The average Bonchev–Trinajstić information content (AvgIpc) is 2.37. The van der Waals surface area contributed by atoms with Crippen LogP contribution in [0.1, 0.15) is 19.4 Å². The van der Waals surface area contributed by atoms with Gasteiger partial charge < -0.3 is 10.6 Å². The molecular weight excluding hydrogens is 386 g/mol. The van der Waals surface area contributed by atoms with Crippen LogP contribution in [0.2, 0.25) is 0 Å². The zero-order chi connectivity index (χ0) is 15.7. The number of anilines is 1. The summed E-state index contributed by atoms with van der Waals surface area (Å²) in [4.78, 5) is 4.25. The molecule has 0 aromatic heterocycles. The Morgan fingerprint density at radius 2 is 1.54 bits per heavy atom. The minimum absolute atomic E-state index is 0. The zero-order valence-electron chi connectivity index (χ0n) is 13.7. The second kappa shape index (κ2) is 9.92. The van der Waals surface area contributed by atoms with Crippen LogP contribution in [0.25, 0.3) is 0 Å². The van der Waals surface area contributed by atoms with E-state index in [-0.39, 0.29) is 42.8 Å². The number of hydrogen-bond donors (Lipinski definition) is 1. The number of piperazine rings is 1. The number of nitrogens with zero attached hydrogens (tertiary/aromatic N) is 2. The third-order valence-corrected chi connectivity index (χ3v) is 3.54. The highest BCUT2D eigenvalue weighted by Crippen LogP contribution is 2.31. The molecular formula is C15H25Cl3F3N3. The van der Waals surface area contributed by atoms with Crippen LogP contribution >= 0.6 is 37.2 Å². The minimum atomic E-state index is -4.29. The van der Waals surface area contributed by atoms with Gasteiger partial charge in [0.15, 0.2) is 0 Å². The van der Waals surface area contributed by atoms with Crippen molar-refractivity contribution >= 4 is 42.9 Å². The first-order valence-electron chi connectivity index (χ1n) is 7.09. The Morgan fingerprint density at radius 1 is 1.00 bits per heavy atom. The van der Waals surface area contributed by atoms with Crippen LogP contribution in [-0.4, -0.2) is 43.2 Å². The first-order valence-corrected chi connectivity index (χ1v) is 7.09. The monoisotopic (exact) mass is 409 g/mol. The van der Waals surface area contributed by atoms with Crippen molar-refractivity contribution in [1.29, 1.82) is 0 Å². The average molecular weight is 411 g/mol. The number of benzene rings is 1. The van der Waals surface area contributed by atoms with E-state index in [0.717, 1.165) is 38.8 Å². The highest BCUT2D eigenvalue weighted by atomic mass is 35.5. The molecule has 1 heterocycles. The van der Waals surface area contributed by atoms with E-state index in [1.165, 1.54) is 12.1 Å². The lowest BCUT2D eigenvalue weighted by Gasteiger charge is -2.38. The molecule has 1 fully saturated rings. The maximum atomic E-state index is 12.7. The van der Waals surface area contributed by atoms with Crippen LogP contribution in [0.4, 0.5) is 18.9 Å². The molecule has 2 N–H and O–H groups in total. The Labute approximate surface area is 160 Å². The Morgan fingerprint density at radius 3 is 2.00 bits per heavy atom. The van der Waals surface area contributed by atoms with E-state index in [4.69, 9.17) is 5.73 Å². The smallest absolute Gasteiger partial charge is 0.369 e. The van der Waals surface area contributed by atoms with Gasteiger partial charge in [0.1, 0.15) is 0 Å². The molecule has 142 valence electrons. The molecule has 0 saturated carbocycles. The molecule has 2 rings (SSSR count). The van der Waals surface area contributed by atoms with Gasteiger partial charge in [0, 0.05) is 44.0 Å². The van der Waals surface area contributed by atoms with Crippen molar-refractivity contribution in [3.63, 3.8) is 0 Å². The number of hydrogen-bond acceptors (Lipinski definition) is 3.